The Morgan fingerprint density at radius 2 is 1.91 bits per heavy atom. The number of ether oxygens (including phenoxy) is 1. The number of rotatable bonds is 8. The zero-order valence-electron chi connectivity index (χ0n) is 12.7. The van der Waals surface area contributed by atoms with Crippen LogP contribution < -0.4 is 10.6 Å². The molecular formula is C15H18F2N2O4. The summed E-state index contributed by atoms with van der Waals surface area (Å²) in [4.78, 5) is 34.2. The predicted octanol–water partition coefficient (Wildman–Crippen LogP) is 1.15. The molecule has 0 heterocycles. The van der Waals surface area contributed by atoms with E-state index in [9.17, 15) is 23.2 Å². The highest BCUT2D eigenvalue weighted by Crippen LogP contribution is 2.08. The topological polar surface area (TPSA) is 84.5 Å². The number of nitrogens with one attached hydrogen (secondary N) is 2. The highest BCUT2D eigenvalue weighted by Gasteiger charge is 2.13. The third-order valence-corrected chi connectivity index (χ3v) is 2.77. The van der Waals surface area contributed by atoms with E-state index in [1.165, 1.54) is 0 Å². The van der Waals surface area contributed by atoms with Crippen molar-refractivity contribution in [1.82, 2.24) is 10.6 Å². The predicted molar refractivity (Wildman–Crippen MR) is 77.6 cm³/mol. The van der Waals surface area contributed by atoms with Crippen molar-refractivity contribution in [3.05, 3.63) is 35.4 Å². The molecule has 0 spiro atoms. The van der Waals surface area contributed by atoms with Crippen molar-refractivity contribution in [3.63, 3.8) is 0 Å². The number of halogens is 2. The Bertz CT molecular complexity index is 579. The molecule has 0 aliphatic carbocycles. The highest BCUT2D eigenvalue weighted by atomic mass is 19.1. The molecule has 1 aromatic rings. The van der Waals surface area contributed by atoms with Gasteiger partial charge < -0.3 is 15.4 Å². The lowest BCUT2D eigenvalue weighted by atomic mass is 10.2. The normalized spacial score (nSPS) is 10.0. The molecule has 2 N–H and O–H groups in total. The largest absolute Gasteiger partial charge is 0.466 e. The smallest absolute Gasteiger partial charge is 0.305 e. The van der Waals surface area contributed by atoms with Crippen molar-refractivity contribution >= 4 is 17.8 Å². The van der Waals surface area contributed by atoms with E-state index in [2.05, 4.69) is 10.6 Å². The van der Waals surface area contributed by atoms with E-state index in [1.807, 2.05) is 0 Å². The summed E-state index contributed by atoms with van der Waals surface area (Å²) in [5.41, 5.74) is -0.346. The number of hydrogen-bond donors (Lipinski definition) is 2. The number of hydrogen-bond acceptors (Lipinski definition) is 4. The Morgan fingerprint density at radius 3 is 2.57 bits per heavy atom. The molecule has 0 fully saturated rings. The van der Waals surface area contributed by atoms with Crippen molar-refractivity contribution in [3.8, 4) is 0 Å². The van der Waals surface area contributed by atoms with Crippen molar-refractivity contribution in [2.24, 2.45) is 0 Å². The lowest BCUT2D eigenvalue weighted by Crippen LogP contribution is -2.37. The standard InChI is InChI=1S/C15H18F2N2O4/c1-2-23-14(21)4-3-7-18-13(20)9-19-15(22)11-6-5-10(16)8-12(11)17/h5-6,8H,2-4,7,9H2,1H3,(H,18,20)(H,19,22). The molecule has 1 aromatic carbocycles. The molecule has 0 atom stereocenters. The fourth-order valence-corrected chi connectivity index (χ4v) is 1.69. The third kappa shape index (κ3) is 6.86. The molecule has 2 amide bonds. The second kappa shape index (κ2) is 9.50. The first-order chi connectivity index (χ1) is 10.9. The van der Waals surface area contributed by atoms with Crippen molar-refractivity contribution < 1.29 is 27.9 Å². The van der Waals surface area contributed by atoms with E-state index in [0.717, 1.165) is 12.1 Å². The van der Waals surface area contributed by atoms with E-state index in [0.29, 0.717) is 19.1 Å². The summed E-state index contributed by atoms with van der Waals surface area (Å²) in [6.45, 7) is 1.90. The van der Waals surface area contributed by atoms with Crippen LogP contribution in [0.3, 0.4) is 0 Å². The molecule has 0 radical (unpaired) electrons. The SMILES string of the molecule is CCOC(=O)CCCNC(=O)CNC(=O)c1ccc(F)cc1F. The number of carbonyl (C=O) groups excluding carboxylic acids is 3. The molecule has 8 heteroatoms. The summed E-state index contributed by atoms with van der Waals surface area (Å²) in [5.74, 6) is -3.44. The van der Waals surface area contributed by atoms with Crippen molar-refractivity contribution in [1.29, 1.82) is 0 Å². The molecule has 0 aliphatic rings. The van der Waals surface area contributed by atoms with Gasteiger partial charge in [-0.25, -0.2) is 8.78 Å². The molecule has 1 rings (SSSR count). The van der Waals surface area contributed by atoms with Gasteiger partial charge in [-0.2, -0.15) is 0 Å². The summed E-state index contributed by atoms with van der Waals surface area (Å²) in [7, 11) is 0. The van der Waals surface area contributed by atoms with Crippen LogP contribution in [-0.2, 0) is 14.3 Å². The Morgan fingerprint density at radius 1 is 1.17 bits per heavy atom. The molecule has 0 saturated heterocycles. The second-order valence-electron chi connectivity index (χ2n) is 4.57. The molecule has 0 saturated carbocycles. The van der Waals surface area contributed by atoms with E-state index in [-0.39, 0.29) is 31.0 Å². The Hall–Kier alpha value is -2.51. The zero-order valence-corrected chi connectivity index (χ0v) is 12.7. The zero-order chi connectivity index (χ0) is 17.2. The third-order valence-electron chi connectivity index (χ3n) is 2.77. The second-order valence-corrected chi connectivity index (χ2v) is 4.57. The monoisotopic (exact) mass is 328 g/mol. The number of benzene rings is 1. The van der Waals surface area contributed by atoms with Crippen LogP contribution in [0.4, 0.5) is 8.78 Å². The summed E-state index contributed by atoms with van der Waals surface area (Å²) in [5, 5.41) is 4.72. The summed E-state index contributed by atoms with van der Waals surface area (Å²) in [6, 6.07) is 2.54. The molecular weight excluding hydrogens is 310 g/mol. The van der Waals surface area contributed by atoms with Gasteiger partial charge in [-0.3, -0.25) is 14.4 Å². The minimum atomic E-state index is -1.00. The van der Waals surface area contributed by atoms with Crippen LogP contribution in [0, 0.1) is 11.6 Å². The van der Waals surface area contributed by atoms with Gasteiger partial charge in [0.1, 0.15) is 11.6 Å². The van der Waals surface area contributed by atoms with Gasteiger partial charge >= 0.3 is 5.97 Å². The van der Waals surface area contributed by atoms with Crippen LogP contribution in [-0.4, -0.2) is 37.5 Å². The first kappa shape index (κ1) is 18.5. The first-order valence-corrected chi connectivity index (χ1v) is 7.09. The Kier molecular flexibility index (Phi) is 7.65. The van der Waals surface area contributed by atoms with Crippen LogP contribution in [0.25, 0.3) is 0 Å². The average Bonchev–Trinajstić information content (AvgIpc) is 2.49. The fraction of sp³-hybridized carbons (Fsp3) is 0.400. The van der Waals surface area contributed by atoms with Gasteiger partial charge in [0.25, 0.3) is 5.91 Å². The van der Waals surface area contributed by atoms with Gasteiger partial charge in [-0.1, -0.05) is 0 Å². The van der Waals surface area contributed by atoms with Crippen LogP contribution in [0.2, 0.25) is 0 Å². The van der Waals surface area contributed by atoms with Gasteiger partial charge in [-0.05, 0) is 25.5 Å². The van der Waals surface area contributed by atoms with Gasteiger partial charge in [-0.15, -0.1) is 0 Å². The van der Waals surface area contributed by atoms with E-state index in [4.69, 9.17) is 4.74 Å². The molecule has 23 heavy (non-hydrogen) atoms. The lowest BCUT2D eigenvalue weighted by molar-refractivity contribution is -0.143. The molecule has 0 aliphatic heterocycles. The number of amides is 2. The van der Waals surface area contributed by atoms with Crippen LogP contribution >= 0.6 is 0 Å². The molecule has 6 nitrogen and oxygen atoms in total. The van der Waals surface area contributed by atoms with Gasteiger partial charge in [0.2, 0.25) is 5.91 Å². The van der Waals surface area contributed by atoms with Gasteiger partial charge in [0.15, 0.2) is 0 Å². The lowest BCUT2D eigenvalue weighted by Gasteiger charge is -2.07. The van der Waals surface area contributed by atoms with Crippen LogP contribution in [0.1, 0.15) is 30.1 Å². The Labute approximate surface area is 132 Å². The maximum atomic E-state index is 13.4. The Balaban J connectivity index is 2.27. The van der Waals surface area contributed by atoms with Crippen molar-refractivity contribution in [2.45, 2.75) is 19.8 Å². The summed E-state index contributed by atoms with van der Waals surface area (Å²) in [6.07, 6.45) is 0.590. The van der Waals surface area contributed by atoms with Crippen molar-refractivity contribution in [2.75, 3.05) is 19.7 Å². The molecule has 126 valence electrons. The minimum absolute atomic E-state index is 0.182. The number of carbonyl (C=O) groups is 3. The van der Waals surface area contributed by atoms with Gasteiger partial charge in [0.05, 0.1) is 18.7 Å². The summed E-state index contributed by atoms with van der Waals surface area (Å²) < 4.78 is 30.8. The first-order valence-electron chi connectivity index (χ1n) is 7.09. The molecule has 0 aromatic heterocycles. The minimum Gasteiger partial charge on any atom is -0.466 e. The van der Waals surface area contributed by atoms with E-state index in [1.54, 1.807) is 6.92 Å². The average molecular weight is 328 g/mol. The van der Waals surface area contributed by atoms with E-state index < -0.39 is 23.4 Å². The van der Waals surface area contributed by atoms with E-state index >= 15 is 0 Å². The summed E-state index contributed by atoms with van der Waals surface area (Å²) >= 11 is 0. The maximum Gasteiger partial charge on any atom is 0.305 e. The highest BCUT2D eigenvalue weighted by molar-refractivity contribution is 5.96. The number of esters is 1. The van der Waals surface area contributed by atoms with Crippen LogP contribution in [0.5, 0.6) is 0 Å². The molecule has 0 bridgehead atoms. The van der Waals surface area contributed by atoms with Gasteiger partial charge in [0, 0.05) is 19.0 Å². The molecule has 0 unspecified atom stereocenters. The quantitative estimate of drug-likeness (QED) is 0.554. The fourth-order valence-electron chi connectivity index (χ4n) is 1.69. The van der Waals surface area contributed by atoms with Crippen LogP contribution in [0.15, 0.2) is 18.2 Å². The maximum absolute atomic E-state index is 13.4.